The first-order valence-electron chi connectivity index (χ1n) is 4.43. The SMILES string of the molecule is C=CC(=O)OCOC(=O)C(=O)OCOC(=O)C=C. The van der Waals surface area contributed by atoms with Crippen molar-refractivity contribution < 1.29 is 38.1 Å². The van der Waals surface area contributed by atoms with E-state index in [-0.39, 0.29) is 0 Å². The van der Waals surface area contributed by atoms with Crippen molar-refractivity contribution in [3.05, 3.63) is 25.3 Å². The van der Waals surface area contributed by atoms with E-state index in [0.29, 0.717) is 0 Å². The average molecular weight is 258 g/mol. The van der Waals surface area contributed by atoms with E-state index in [1.807, 2.05) is 0 Å². The number of esters is 4. The van der Waals surface area contributed by atoms with Gasteiger partial charge in [0.15, 0.2) is 0 Å². The highest BCUT2D eigenvalue weighted by Crippen LogP contribution is 1.89. The molecular weight excluding hydrogens is 248 g/mol. The van der Waals surface area contributed by atoms with E-state index < -0.39 is 37.5 Å². The summed E-state index contributed by atoms with van der Waals surface area (Å²) in [4.78, 5) is 42.8. The molecule has 0 bridgehead atoms. The summed E-state index contributed by atoms with van der Waals surface area (Å²) in [5.74, 6) is -4.45. The Balaban J connectivity index is 3.79. The predicted molar refractivity (Wildman–Crippen MR) is 54.5 cm³/mol. The van der Waals surface area contributed by atoms with Crippen LogP contribution in [0, 0.1) is 0 Å². The summed E-state index contributed by atoms with van der Waals surface area (Å²) < 4.78 is 16.9. The van der Waals surface area contributed by atoms with Gasteiger partial charge >= 0.3 is 23.9 Å². The van der Waals surface area contributed by atoms with Crippen LogP contribution in [0.5, 0.6) is 0 Å². The van der Waals surface area contributed by atoms with Crippen LogP contribution in [0.4, 0.5) is 0 Å². The number of carbonyl (C=O) groups is 4. The minimum absolute atomic E-state index is 0.759. The number of rotatable bonds is 6. The number of hydrogen-bond donors (Lipinski definition) is 0. The first-order valence-corrected chi connectivity index (χ1v) is 4.43. The van der Waals surface area contributed by atoms with Gasteiger partial charge in [0.1, 0.15) is 0 Å². The topological polar surface area (TPSA) is 105 Å². The van der Waals surface area contributed by atoms with Gasteiger partial charge in [0, 0.05) is 12.2 Å². The highest BCUT2D eigenvalue weighted by atomic mass is 16.7. The van der Waals surface area contributed by atoms with E-state index in [0.717, 1.165) is 12.2 Å². The van der Waals surface area contributed by atoms with Gasteiger partial charge in [-0.15, -0.1) is 0 Å². The lowest BCUT2D eigenvalue weighted by Crippen LogP contribution is -2.23. The molecule has 98 valence electrons. The first kappa shape index (κ1) is 15.4. The molecule has 0 saturated carbocycles. The minimum Gasteiger partial charge on any atom is -0.425 e. The molecule has 0 amide bonds. The number of hydrogen-bond acceptors (Lipinski definition) is 8. The zero-order valence-electron chi connectivity index (χ0n) is 9.25. The lowest BCUT2D eigenvalue weighted by atomic mass is 10.7. The highest BCUT2D eigenvalue weighted by Gasteiger charge is 2.18. The third-order valence-corrected chi connectivity index (χ3v) is 1.28. The van der Waals surface area contributed by atoms with Crippen LogP contribution in [0.3, 0.4) is 0 Å². The Morgan fingerprint density at radius 2 is 1.06 bits per heavy atom. The summed E-state index contributed by atoms with van der Waals surface area (Å²) in [6, 6.07) is 0. The third-order valence-electron chi connectivity index (χ3n) is 1.28. The molecular formula is C10H10O8. The summed E-state index contributed by atoms with van der Waals surface area (Å²) in [6.45, 7) is 4.67. The monoisotopic (exact) mass is 258 g/mol. The van der Waals surface area contributed by atoms with Gasteiger partial charge in [-0.1, -0.05) is 13.2 Å². The summed E-state index contributed by atoms with van der Waals surface area (Å²) in [5, 5.41) is 0. The summed E-state index contributed by atoms with van der Waals surface area (Å²) in [5.41, 5.74) is 0. The maximum absolute atomic E-state index is 10.9. The van der Waals surface area contributed by atoms with Crippen molar-refractivity contribution in [3.8, 4) is 0 Å². The Kier molecular flexibility index (Phi) is 7.26. The Morgan fingerprint density at radius 1 is 0.722 bits per heavy atom. The largest absolute Gasteiger partial charge is 0.425 e. The molecule has 18 heavy (non-hydrogen) atoms. The zero-order chi connectivity index (χ0) is 14.0. The molecule has 8 nitrogen and oxygen atoms in total. The van der Waals surface area contributed by atoms with E-state index in [1.165, 1.54) is 0 Å². The molecule has 0 heterocycles. The second-order valence-electron chi connectivity index (χ2n) is 2.43. The number of carbonyl (C=O) groups excluding carboxylic acids is 4. The predicted octanol–water partition coefficient (Wildman–Crippen LogP) is -0.554. The van der Waals surface area contributed by atoms with Gasteiger partial charge in [-0.3, -0.25) is 0 Å². The van der Waals surface area contributed by atoms with Crippen molar-refractivity contribution in [2.45, 2.75) is 0 Å². The molecule has 0 aromatic heterocycles. The van der Waals surface area contributed by atoms with Crippen molar-refractivity contribution in [1.82, 2.24) is 0 Å². The summed E-state index contributed by atoms with van der Waals surface area (Å²) in [7, 11) is 0. The second-order valence-corrected chi connectivity index (χ2v) is 2.43. The van der Waals surface area contributed by atoms with Gasteiger partial charge in [-0.25, -0.2) is 19.2 Å². The van der Waals surface area contributed by atoms with E-state index in [1.54, 1.807) is 0 Å². The molecule has 0 rings (SSSR count). The van der Waals surface area contributed by atoms with Crippen molar-refractivity contribution in [2.75, 3.05) is 13.6 Å². The van der Waals surface area contributed by atoms with E-state index in [2.05, 4.69) is 32.1 Å². The van der Waals surface area contributed by atoms with Crippen molar-refractivity contribution in [2.24, 2.45) is 0 Å². The fourth-order valence-corrected chi connectivity index (χ4v) is 0.518. The molecule has 0 radical (unpaired) electrons. The normalized spacial score (nSPS) is 8.67. The molecule has 0 spiro atoms. The molecule has 0 aliphatic rings. The Bertz CT molecular complexity index is 334. The fourth-order valence-electron chi connectivity index (χ4n) is 0.518. The molecule has 0 aromatic carbocycles. The molecule has 0 unspecified atom stereocenters. The van der Waals surface area contributed by atoms with Crippen LogP contribution in [0.25, 0.3) is 0 Å². The Labute approximate surface area is 102 Å². The maximum atomic E-state index is 10.9. The van der Waals surface area contributed by atoms with Crippen LogP contribution >= 0.6 is 0 Å². The average Bonchev–Trinajstić information content (AvgIpc) is 2.37. The van der Waals surface area contributed by atoms with Crippen molar-refractivity contribution in [1.29, 1.82) is 0 Å². The van der Waals surface area contributed by atoms with Crippen LogP contribution in [-0.2, 0) is 38.1 Å². The first-order chi connectivity index (χ1) is 8.51. The molecule has 0 aliphatic heterocycles. The van der Waals surface area contributed by atoms with Gasteiger partial charge < -0.3 is 18.9 Å². The lowest BCUT2D eigenvalue weighted by molar-refractivity contribution is -0.184. The zero-order valence-corrected chi connectivity index (χ0v) is 9.25. The van der Waals surface area contributed by atoms with Gasteiger partial charge in [-0.05, 0) is 0 Å². The number of ether oxygens (including phenoxy) is 4. The van der Waals surface area contributed by atoms with Gasteiger partial charge in [0.25, 0.3) is 0 Å². The maximum Gasteiger partial charge on any atom is 0.420 e. The van der Waals surface area contributed by atoms with Crippen molar-refractivity contribution in [3.63, 3.8) is 0 Å². The molecule has 0 saturated heterocycles. The van der Waals surface area contributed by atoms with E-state index >= 15 is 0 Å². The van der Waals surface area contributed by atoms with Crippen LogP contribution in [0.2, 0.25) is 0 Å². The second kappa shape index (κ2) is 8.50. The highest BCUT2D eigenvalue weighted by molar-refractivity contribution is 6.29. The lowest BCUT2D eigenvalue weighted by Gasteiger charge is -2.05. The smallest absolute Gasteiger partial charge is 0.420 e. The third kappa shape index (κ3) is 6.77. The molecule has 0 aliphatic carbocycles. The molecule has 0 N–H and O–H groups in total. The molecule has 0 fully saturated rings. The minimum atomic E-state index is -1.40. The van der Waals surface area contributed by atoms with E-state index in [9.17, 15) is 19.2 Å². The Morgan fingerprint density at radius 3 is 1.33 bits per heavy atom. The van der Waals surface area contributed by atoms with Crippen LogP contribution in [0.15, 0.2) is 25.3 Å². The van der Waals surface area contributed by atoms with Crippen molar-refractivity contribution >= 4 is 23.9 Å². The standard InChI is InChI=1S/C10H10O8/c1-3-7(11)15-5-17-9(13)10(14)18-6-16-8(12)4-2/h3-4H,1-2,5-6H2. The Hall–Kier alpha value is -2.64. The summed E-state index contributed by atoms with van der Waals surface area (Å²) >= 11 is 0. The van der Waals surface area contributed by atoms with Crippen LogP contribution in [0.1, 0.15) is 0 Å². The van der Waals surface area contributed by atoms with Crippen LogP contribution in [-0.4, -0.2) is 37.5 Å². The molecule has 0 aromatic rings. The molecule has 0 atom stereocenters. The van der Waals surface area contributed by atoms with Crippen LogP contribution < -0.4 is 0 Å². The van der Waals surface area contributed by atoms with E-state index in [4.69, 9.17) is 0 Å². The summed E-state index contributed by atoms with van der Waals surface area (Å²) in [6.07, 6.45) is 1.70. The van der Waals surface area contributed by atoms with Gasteiger partial charge in [0.2, 0.25) is 13.6 Å². The van der Waals surface area contributed by atoms with Gasteiger partial charge in [0.05, 0.1) is 0 Å². The fraction of sp³-hybridized carbons (Fsp3) is 0.200. The van der Waals surface area contributed by atoms with Gasteiger partial charge in [-0.2, -0.15) is 0 Å². The quantitative estimate of drug-likeness (QED) is 0.270. The molecule has 8 heteroatoms.